The van der Waals surface area contributed by atoms with Crippen LogP contribution in [0.15, 0.2) is 28.9 Å². The van der Waals surface area contributed by atoms with Crippen LogP contribution in [-0.4, -0.2) is 33.1 Å². The fraction of sp³-hybridized carbons (Fsp3) is 0.421. The summed E-state index contributed by atoms with van der Waals surface area (Å²) in [6.07, 6.45) is 5.50. The number of nitrogens with zero attached hydrogens (tertiary/aromatic N) is 4. The van der Waals surface area contributed by atoms with Crippen LogP contribution in [0.1, 0.15) is 29.0 Å². The summed E-state index contributed by atoms with van der Waals surface area (Å²) in [5.41, 5.74) is 4.89. The van der Waals surface area contributed by atoms with E-state index in [1.54, 1.807) is 0 Å². The topological polar surface area (TPSA) is 78.0 Å². The van der Waals surface area contributed by atoms with Crippen molar-refractivity contribution in [3.63, 3.8) is 0 Å². The number of hydrogen-bond acceptors (Lipinski definition) is 6. The summed E-state index contributed by atoms with van der Waals surface area (Å²) in [6, 6.07) is 6.65. The maximum absolute atomic E-state index is 5.55. The molecule has 0 atom stereocenters. The predicted molar refractivity (Wildman–Crippen MR) is 95.8 cm³/mol. The van der Waals surface area contributed by atoms with Gasteiger partial charge in [-0.05, 0) is 36.0 Å². The Kier molecular flexibility index (Phi) is 3.93. The van der Waals surface area contributed by atoms with Gasteiger partial charge >= 0.3 is 0 Å². The highest BCUT2D eigenvalue weighted by atomic mass is 16.5. The van der Waals surface area contributed by atoms with Gasteiger partial charge in [-0.2, -0.15) is 10.1 Å². The van der Waals surface area contributed by atoms with Crippen molar-refractivity contribution >= 4 is 5.82 Å². The number of benzene rings is 1. The standard InChI is InChI=1S/C19H21N5O2/c1-7-20-19-16(11-21-24(19)8-1)18-22-17(26-23-18)5-3-13-2-4-14-6-9-25-12-15(14)10-13/h2,4,10-11,20H,1,3,5-9,12H2. The first-order valence-electron chi connectivity index (χ1n) is 9.18. The molecule has 0 spiro atoms. The average molecular weight is 351 g/mol. The Balaban J connectivity index is 1.30. The molecule has 26 heavy (non-hydrogen) atoms. The van der Waals surface area contributed by atoms with Crippen LogP contribution < -0.4 is 5.32 Å². The molecule has 0 saturated carbocycles. The third-order valence-corrected chi connectivity index (χ3v) is 5.06. The van der Waals surface area contributed by atoms with Crippen molar-refractivity contribution in [2.75, 3.05) is 18.5 Å². The summed E-state index contributed by atoms with van der Waals surface area (Å²) in [7, 11) is 0. The van der Waals surface area contributed by atoms with Gasteiger partial charge in [0.1, 0.15) is 5.82 Å². The molecule has 1 N–H and O–H groups in total. The van der Waals surface area contributed by atoms with Gasteiger partial charge in [0, 0.05) is 19.5 Å². The molecule has 0 aliphatic carbocycles. The lowest BCUT2D eigenvalue weighted by Crippen LogP contribution is -2.17. The third kappa shape index (κ3) is 2.88. The lowest BCUT2D eigenvalue weighted by Gasteiger charge is -2.17. The molecule has 134 valence electrons. The first-order chi connectivity index (χ1) is 12.9. The Morgan fingerprint density at radius 2 is 2.19 bits per heavy atom. The number of aromatic nitrogens is 4. The van der Waals surface area contributed by atoms with Crippen LogP contribution in [0.4, 0.5) is 5.82 Å². The van der Waals surface area contributed by atoms with Gasteiger partial charge in [0.2, 0.25) is 11.7 Å². The van der Waals surface area contributed by atoms with Gasteiger partial charge in [-0.1, -0.05) is 23.4 Å². The van der Waals surface area contributed by atoms with Crippen LogP contribution in [0.25, 0.3) is 11.4 Å². The number of nitrogens with one attached hydrogen (secondary N) is 1. The molecule has 5 rings (SSSR count). The van der Waals surface area contributed by atoms with E-state index in [0.29, 0.717) is 18.3 Å². The molecule has 2 aliphatic rings. The molecule has 7 heteroatoms. The van der Waals surface area contributed by atoms with E-state index >= 15 is 0 Å². The normalized spacial score (nSPS) is 16.0. The van der Waals surface area contributed by atoms with Crippen molar-refractivity contribution in [3.05, 3.63) is 47.0 Å². The largest absolute Gasteiger partial charge is 0.376 e. The van der Waals surface area contributed by atoms with Gasteiger partial charge in [0.15, 0.2) is 0 Å². The van der Waals surface area contributed by atoms with Gasteiger partial charge in [0.25, 0.3) is 0 Å². The molecule has 2 aliphatic heterocycles. The average Bonchev–Trinajstić information content (AvgIpc) is 3.33. The zero-order valence-corrected chi connectivity index (χ0v) is 14.6. The van der Waals surface area contributed by atoms with Gasteiger partial charge in [0.05, 0.1) is 25.0 Å². The third-order valence-electron chi connectivity index (χ3n) is 5.06. The number of aryl methyl sites for hydroxylation is 3. The summed E-state index contributed by atoms with van der Waals surface area (Å²) in [5, 5.41) is 11.9. The Hall–Kier alpha value is -2.67. The second-order valence-corrected chi connectivity index (χ2v) is 6.83. The minimum Gasteiger partial charge on any atom is -0.376 e. The van der Waals surface area contributed by atoms with E-state index in [1.165, 1.54) is 16.7 Å². The van der Waals surface area contributed by atoms with Crippen molar-refractivity contribution in [1.82, 2.24) is 19.9 Å². The Morgan fingerprint density at radius 3 is 3.19 bits per heavy atom. The van der Waals surface area contributed by atoms with E-state index < -0.39 is 0 Å². The summed E-state index contributed by atoms with van der Waals surface area (Å²) in [4.78, 5) is 4.57. The number of hydrogen-bond donors (Lipinski definition) is 1. The first-order valence-corrected chi connectivity index (χ1v) is 9.18. The monoisotopic (exact) mass is 351 g/mol. The Labute approximate surface area is 151 Å². The SMILES string of the molecule is c1cc2c(cc1CCc1nc(-c3cnn4c3NCCC4)no1)COCC2. The van der Waals surface area contributed by atoms with Crippen LogP contribution in [0.3, 0.4) is 0 Å². The molecule has 0 amide bonds. The fourth-order valence-electron chi connectivity index (χ4n) is 3.63. The zero-order valence-electron chi connectivity index (χ0n) is 14.6. The molecule has 1 aromatic carbocycles. The molecule has 0 saturated heterocycles. The van der Waals surface area contributed by atoms with E-state index in [1.807, 2.05) is 10.9 Å². The second kappa shape index (κ2) is 6.57. The molecule has 7 nitrogen and oxygen atoms in total. The Morgan fingerprint density at radius 1 is 1.19 bits per heavy atom. The lowest BCUT2D eigenvalue weighted by molar-refractivity contribution is 0.110. The van der Waals surface area contributed by atoms with Gasteiger partial charge in [-0.3, -0.25) is 0 Å². The molecule has 0 unspecified atom stereocenters. The molecule has 3 aromatic rings. The van der Waals surface area contributed by atoms with Crippen LogP contribution in [0.2, 0.25) is 0 Å². The maximum Gasteiger partial charge on any atom is 0.227 e. The van der Waals surface area contributed by atoms with Crippen molar-refractivity contribution in [2.45, 2.75) is 38.8 Å². The van der Waals surface area contributed by atoms with Crippen molar-refractivity contribution < 1.29 is 9.26 Å². The van der Waals surface area contributed by atoms with Crippen molar-refractivity contribution in [1.29, 1.82) is 0 Å². The summed E-state index contributed by atoms with van der Waals surface area (Å²) in [6.45, 7) is 3.42. The van der Waals surface area contributed by atoms with Crippen LogP contribution >= 0.6 is 0 Å². The molecular weight excluding hydrogens is 330 g/mol. The van der Waals surface area contributed by atoms with Crippen molar-refractivity contribution in [2.24, 2.45) is 0 Å². The van der Waals surface area contributed by atoms with E-state index in [-0.39, 0.29) is 0 Å². The fourth-order valence-corrected chi connectivity index (χ4v) is 3.63. The van der Waals surface area contributed by atoms with Gasteiger partial charge in [-0.15, -0.1) is 0 Å². The summed E-state index contributed by atoms with van der Waals surface area (Å²) in [5.74, 6) is 2.25. The molecule has 4 heterocycles. The molecular formula is C19H21N5O2. The van der Waals surface area contributed by atoms with Crippen molar-refractivity contribution in [3.8, 4) is 11.4 Å². The Bertz CT molecular complexity index is 930. The number of rotatable bonds is 4. The number of anilines is 1. The van der Waals surface area contributed by atoms with Crippen LogP contribution in [-0.2, 0) is 37.2 Å². The lowest BCUT2D eigenvalue weighted by atomic mass is 9.98. The highest BCUT2D eigenvalue weighted by molar-refractivity contribution is 5.69. The summed E-state index contributed by atoms with van der Waals surface area (Å²) < 4.78 is 13.0. The quantitative estimate of drug-likeness (QED) is 0.778. The summed E-state index contributed by atoms with van der Waals surface area (Å²) >= 11 is 0. The van der Waals surface area contributed by atoms with Crippen LogP contribution in [0, 0.1) is 0 Å². The van der Waals surface area contributed by atoms with Crippen LogP contribution in [0.5, 0.6) is 0 Å². The van der Waals surface area contributed by atoms with E-state index in [4.69, 9.17) is 9.26 Å². The van der Waals surface area contributed by atoms with E-state index in [0.717, 1.165) is 56.8 Å². The highest BCUT2D eigenvalue weighted by Gasteiger charge is 2.19. The first kappa shape index (κ1) is 15.6. The van der Waals surface area contributed by atoms with E-state index in [9.17, 15) is 0 Å². The zero-order chi connectivity index (χ0) is 17.3. The molecule has 0 fully saturated rings. The molecule has 0 radical (unpaired) electrons. The van der Waals surface area contributed by atoms with E-state index in [2.05, 4.69) is 38.8 Å². The van der Waals surface area contributed by atoms with Gasteiger partial charge in [-0.25, -0.2) is 4.68 Å². The predicted octanol–water partition coefficient (Wildman–Crippen LogP) is 2.61. The highest BCUT2D eigenvalue weighted by Crippen LogP contribution is 2.28. The number of ether oxygens (including phenoxy) is 1. The second-order valence-electron chi connectivity index (χ2n) is 6.83. The molecule has 2 aromatic heterocycles. The van der Waals surface area contributed by atoms with Gasteiger partial charge < -0.3 is 14.6 Å². The molecule has 0 bridgehead atoms. The smallest absolute Gasteiger partial charge is 0.227 e. The maximum atomic E-state index is 5.55. The minimum atomic E-state index is 0.606. The minimum absolute atomic E-state index is 0.606. The number of fused-ring (bicyclic) bond motifs is 2.